The molecule has 1 aromatic heterocycles. The van der Waals surface area contributed by atoms with E-state index in [1.807, 2.05) is 37.3 Å². The van der Waals surface area contributed by atoms with Crippen LogP contribution < -0.4 is 9.64 Å². The Labute approximate surface area is 232 Å². The van der Waals surface area contributed by atoms with E-state index in [0.29, 0.717) is 27.8 Å². The first-order chi connectivity index (χ1) is 18.9. The second-order valence-electron chi connectivity index (χ2n) is 9.27. The summed E-state index contributed by atoms with van der Waals surface area (Å²) in [6.07, 6.45) is 0.642. The number of benzene rings is 3. The summed E-state index contributed by atoms with van der Waals surface area (Å²) in [5.74, 6) is -1.46. The predicted octanol–water partition coefficient (Wildman–Crippen LogP) is 5.92. The molecule has 0 aliphatic carbocycles. The molecule has 7 nitrogen and oxygen atoms in total. The van der Waals surface area contributed by atoms with Gasteiger partial charge in [0.2, 0.25) is 5.13 Å². The maximum atomic E-state index is 15.2. The Morgan fingerprint density at radius 3 is 2.67 bits per heavy atom. The summed E-state index contributed by atoms with van der Waals surface area (Å²) in [6, 6.07) is 19.6. The van der Waals surface area contributed by atoms with Crippen molar-refractivity contribution >= 4 is 45.7 Å². The number of aliphatic hydroxyl groups is 1. The van der Waals surface area contributed by atoms with Crippen LogP contribution in [0.15, 0.2) is 82.7 Å². The Bertz CT molecular complexity index is 1620. The van der Waals surface area contributed by atoms with E-state index in [0.717, 1.165) is 27.4 Å². The summed E-state index contributed by atoms with van der Waals surface area (Å²) in [5, 5.41) is 19.9. The van der Waals surface area contributed by atoms with Crippen LogP contribution in [0, 0.1) is 5.82 Å². The van der Waals surface area contributed by atoms with Crippen LogP contribution in [0.25, 0.3) is 5.76 Å². The Kier molecular flexibility index (Phi) is 6.66. The van der Waals surface area contributed by atoms with Gasteiger partial charge in [-0.05, 0) is 42.3 Å². The minimum Gasteiger partial charge on any atom is -0.507 e. The quantitative estimate of drug-likeness (QED) is 0.103. The molecular weight excluding hydrogens is 537 g/mol. The number of aliphatic hydroxyl groups excluding tert-OH is 1. The van der Waals surface area contributed by atoms with Crippen LogP contribution in [-0.4, -0.2) is 33.1 Å². The van der Waals surface area contributed by atoms with Gasteiger partial charge in [0.15, 0.2) is 4.34 Å². The number of aromatic nitrogens is 2. The number of Topliss-reactive ketones (excluding diaryl/α,β-unsaturated/α-hetero) is 1. The molecule has 1 amide bonds. The highest BCUT2D eigenvalue weighted by atomic mass is 32.2. The largest absolute Gasteiger partial charge is 0.507 e. The molecule has 2 aliphatic heterocycles. The zero-order chi connectivity index (χ0) is 27.1. The lowest BCUT2D eigenvalue weighted by Crippen LogP contribution is -2.29. The number of halogens is 1. The Hall–Kier alpha value is -4.02. The fourth-order valence-corrected chi connectivity index (χ4v) is 6.65. The second-order valence-corrected chi connectivity index (χ2v) is 11.4. The SMILES string of the molecule is CC1Cc2cc(/C(O)=C3\C(=O)C(=O)N(c4nnc(SCc5ccccc5)s4)C3c3ccccc3F)ccc2O1. The molecule has 1 saturated heterocycles. The van der Waals surface area contributed by atoms with Crippen LogP contribution in [0.1, 0.15) is 35.2 Å². The van der Waals surface area contributed by atoms with Crippen molar-refractivity contribution in [2.24, 2.45) is 0 Å². The number of carbonyl (C=O) groups excluding carboxylic acids is 2. The van der Waals surface area contributed by atoms with Crippen LogP contribution >= 0.6 is 23.1 Å². The standard InChI is InChI=1S/C29H22FN3O4S2/c1-16-13-19-14-18(11-12-22(19)37-16)25(34)23-24(20-9-5-6-10-21(20)30)33(27(36)26(23)35)28-31-32-29(39-28)38-15-17-7-3-2-4-8-17/h2-12,14,16,24,34H,13,15H2,1H3/b25-23+. The van der Waals surface area contributed by atoms with E-state index in [1.54, 1.807) is 24.3 Å². The molecule has 0 bridgehead atoms. The van der Waals surface area contributed by atoms with Gasteiger partial charge in [0.1, 0.15) is 29.5 Å². The highest BCUT2D eigenvalue weighted by Gasteiger charge is 2.49. The number of ketones is 1. The predicted molar refractivity (Wildman–Crippen MR) is 147 cm³/mol. The van der Waals surface area contributed by atoms with Gasteiger partial charge in [0, 0.05) is 23.3 Å². The Balaban J connectivity index is 1.41. The molecule has 6 rings (SSSR count). The van der Waals surface area contributed by atoms with E-state index >= 15 is 4.39 Å². The molecule has 0 spiro atoms. The lowest BCUT2D eigenvalue weighted by Gasteiger charge is -2.22. The molecule has 10 heteroatoms. The van der Waals surface area contributed by atoms with Gasteiger partial charge < -0.3 is 9.84 Å². The maximum absolute atomic E-state index is 15.2. The van der Waals surface area contributed by atoms with Crippen molar-refractivity contribution in [1.29, 1.82) is 0 Å². The summed E-state index contributed by atoms with van der Waals surface area (Å²) in [7, 11) is 0. The fraction of sp³-hybridized carbons (Fsp3) is 0.172. The minimum absolute atomic E-state index is 0.00671. The highest BCUT2D eigenvalue weighted by molar-refractivity contribution is 8.00. The summed E-state index contributed by atoms with van der Waals surface area (Å²) in [5.41, 5.74) is 2.20. The van der Waals surface area contributed by atoms with Crippen molar-refractivity contribution in [2.45, 2.75) is 35.6 Å². The molecule has 3 heterocycles. The van der Waals surface area contributed by atoms with Crippen molar-refractivity contribution in [3.05, 3.63) is 106 Å². The summed E-state index contributed by atoms with van der Waals surface area (Å²) < 4.78 is 21.5. The van der Waals surface area contributed by atoms with Crippen LogP contribution in [-0.2, 0) is 21.8 Å². The average Bonchev–Trinajstić information content (AvgIpc) is 3.63. The molecule has 2 atom stereocenters. The van der Waals surface area contributed by atoms with Crippen LogP contribution in [0.2, 0.25) is 0 Å². The van der Waals surface area contributed by atoms with Gasteiger partial charge >= 0.3 is 5.91 Å². The van der Waals surface area contributed by atoms with Crippen LogP contribution in [0.4, 0.5) is 9.52 Å². The third kappa shape index (κ3) is 4.70. The number of ether oxygens (including phenoxy) is 1. The maximum Gasteiger partial charge on any atom is 0.301 e. The van der Waals surface area contributed by atoms with Crippen LogP contribution in [0.5, 0.6) is 5.75 Å². The normalized spacial score (nSPS) is 19.8. The highest BCUT2D eigenvalue weighted by Crippen LogP contribution is 2.45. The van der Waals surface area contributed by atoms with E-state index in [9.17, 15) is 14.7 Å². The van der Waals surface area contributed by atoms with E-state index < -0.39 is 23.5 Å². The number of carbonyl (C=O) groups is 2. The number of hydrogen-bond donors (Lipinski definition) is 1. The van der Waals surface area contributed by atoms with Crippen molar-refractivity contribution in [2.75, 3.05) is 4.90 Å². The molecule has 2 unspecified atom stereocenters. The average molecular weight is 560 g/mol. The Morgan fingerprint density at radius 1 is 1.10 bits per heavy atom. The number of rotatable bonds is 6. The van der Waals surface area contributed by atoms with Crippen molar-refractivity contribution in [3.8, 4) is 5.75 Å². The number of fused-ring (bicyclic) bond motifs is 1. The van der Waals surface area contributed by atoms with E-state index in [1.165, 1.54) is 30.0 Å². The molecular formula is C29H22FN3O4S2. The molecule has 4 aromatic rings. The summed E-state index contributed by atoms with van der Waals surface area (Å²) >= 11 is 2.58. The van der Waals surface area contributed by atoms with Crippen molar-refractivity contribution in [1.82, 2.24) is 10.2 Å². The number of anilines is 1. The third-order valence-electron chi connectivity index (χ3n) is 6.62. The molecule has 196 valence electrons. The zero-order valence-corrected chi connectivity index (χ0v) is 22.3. The molecule has 39 heavy (non-hydrogen) atoms. The van der Waals surface area contributed by atoms with Crippen LogP contribution in [0.3, 0.4) is 0 Å². The topological polar surface area (TPSA) is 92.6 Å². The number of thioether (sulfide) groups is 1. The van der Waals surface area contributed by atoms with E-state index in [2.05, 4.69) is 10.2 Å². The molecule has 1 N–H and O–H groups in total. The lowest BCUT2D eigenvalue weighted by atomic mass is 9.94. The fourth-order valence-electron chi connectivity index (χ4n) is 4.82. The summed E-state index contributed by atoms with van der Waals surface area (Å²) in [6.45, 7) is 1.94. The molecule has 2 aliphatic rings. The summed E-state index contributed by atoms with van der Waals surface area (Å²) in [4.78, 5) is 27.9. The minimum atomic E-state index is -1.21. The van der Waals surface area contributed by atoms with Crippen molar-refractivity contribution < 1.29 is 23.8 Å². The van der Waals surface area contributed by atoms with Gasteiger partial charge in [-0.3, -0.25) is 14.5 Å². The number of nitrogens with zero attached hydrogens (tertiary/aromatic N) is 3. The van der Waals surface area contributed by atoms with Gasteiger partial charge in [0.05, 0.1) is 5.57 Å². The first-order valence-corrected chi connectivity index (χ1v) is 14.1. The molecule has 1 fully saturated rings. The molecule has 0 saturated carbocycles. The molecule has 0 radical (unpaired) electrons. The zero-order valence-electron chi connectivity index (χ0n) is 20.7. The van der Waals surface area contributed by atoms with Gasteiger partial charge in [0.25, 0.3) is 5.78 Å². The van der Waals surface area contributed by atoms with E-state index in [-0.39, 0.29) is 28.1 Å². The smallest absolute Gasteiger partial charge is 0.301 e. The van der Waals surface area contributed by atoms with Gasteiger partial charge in [-0.15, -0.1) is 10.2 Å². The molecule has 3 aromatic carbocycles. The van der Waals surface area contributed by atoms with Gasteiger partial charge in [-0.25, -0.2) is 4.39 Å². The van der Waals surface area contributed by atoms with E-state index in [4.69, 9.17) is 4.74 Å². The monoisotopic (exact) mass is 559 g/mol. The first kappa shape index (κ1) is 25.3. The first-order valence-electron chi connectivity index (χ1n) is 12.3. The Morgan fingerprint density at radius 2 is 1.87 bits per heavy atom. The third-order valence-corrected chi connectivity index (χ3v) is 8.75. The second kappa shape index (κ2) is 10.3. The number of hydrogen-bond acceptors (Lipinski definition) is 8. The van der Waals surface area contributed by atoms with Crippen molar-refractivity contribution in [3.63, 3.8) is 0 Å². The lowest BCUT2D eigenvalue weighted by molar-refractivity contribution is -0.132. The number of amides is 1. The van der Waals surface area contributed by atoms with Gasteiger partial charge in [-0.1, -0.05) is 71.6 Å². The van der Waals surface area contributed by atoms with Gasteiger partial charge in [-0.2, -0.15) is 0 Å².